The fourth-order valence-electron chi connectivity index (χ4n) is 15.5. The fraction of sp³-hybridized carbons (Fsp3) is 0. The lowest BCUT2D eigenvalue weighted by molar-refractivity contribution is 0.449. The predicted molar refractivity (Wildman–Crippen MR) is 394 cm³/mol. The van der Waals surface area contributed by atoms with Crippen LogP contribution in [0.3, 0.4) is 0 Å². The van der Waals surface area contributed by atoms with E-state index >= 15 is 0 Å². The topological polar surface area (TPSA) is 65.1 Å². The summed E-state index contributed by atoms with van der Waals surface area (Å²) in [5.74, 6) is 8.88. The maximum atomic E-state index is 7.50. The minimum atomic E-state index is -0.375. The summed E-state index contributed by atoms with van der Waals surface area (Å²) >= 11 is 3.57. The summed E-state index contributed by atoms with van der Waals surface area (Å²) in [6.45, 7) is -0.877. The first kappa shape index (κ1) is 53.7. The average molecular weight is 1270 g/mol. The molecule has 8 heterocycles. The van der Waals surface area contributed by atoms with Gasteiger partial charge in [0.25, 0.3) is 20.1 Å². The highest BCUT2D eigenvalue weighted by molar-refractivity contribution is 7.33. The van der Waals surface area contributed by atoms with Crippen LogP contribution in [-0.2, 0) is 0 Å². The van der Waals surface area contributed by atoms with Crippen LogP contribution in [0.2, 0.25) is 0 Å². The molecule has 6 aliphatic rings. The summed E-state index contributed by atoms with van der Waals surface area (Å²) in [4.78, 5) is 6.79. The number of thiophene rings is 2. The first-order chi connectivity index (χ1) is 47.6. The Bertz CT molecular complexity index is 5300. The molecule has 0 fully saturated rings. The maximum absolute atomic E-state index is 7.50. The lowest BCUT2D eigenvalue weighted by atomic mass is 9.31. The summed E-state index contributed by atoms with van der Waals surface area (Å²) in [5.41, 5.74) is 15.7. The SMILES string of the molecule is c1ccc(N(c2ccccc2)c2cc3c4c(c2)Oc2cc5c(cc2B4c2cc4c(cc2O3)Oc2cc(N(c3ccccc3)c3ccccc3)cc3c2B4c2sc4ccccc4c2O3)B2c3sc4ccccc4c3Oc3cc(N(c4ccccc4)c4ccccc4)cc(c32)O5)cc1. The quantitative estimate of drug-likeness (QED) is 0.132. The van der Waals surface area contributed by atoms with E-state index in [1.165, 1.54) is 0 Å². The van der Waals surface area contributed by atoms with Gasteiger partial charge in [-0.2, -0.15) is 0 Å². The zero-order valence-corrected chi connectivity index (χ0v) is 52.7. The van der Waals surface area contributed by atoms with Crippen LogP contribution in [0.4, 0.5) is 51.2 Å². The van der Waals surface area contributed by atoms with E-state index in [2.05, 4.69) is 306 Å². The highest BCUT2D eigenvalue weighted by Crippen LogP contribution is 2.50. The molecule has 0 amide bonds. The van der Waals surface area contributed by atoms with Crippen molar-refractivity contribution < 1.29 is 28.4 Å². The summed E-state index contributed by atoms with van der Waals surface area (Å²) in [6.07, 6.45) is 0. The number of fused-ring (bicyclic) bond motifs is 16. The highest BCUT2D eigenvalue weighted by atomic mass is 32.1. The van der Waals surface area contributed by atoms with Gasteiger partial charge in [-0.05, 0) is 119 Å². The minimum absolute atomic E-state index is 0.251. The van der Waals surface area contributed by atoms with Crippen molar-refractivity contribution >= 4 is 162 Å². The van der Waals surface area contributed by atoms with Crippen LogP contribution in [-0.4, -0.2) is 20.1 Å². The molecule has 0 radical (unpaired) electrons. The Balaban J connectivity index is 0.785. The second-order valence-electron chi connectivity index (χ2n) is 24.9. The summed E-state index contributed by atoms with van der Waals surface area (Å²) in [7, 11) is 0. The normalized spacial score (nSPS) is 13.2. The molecule has 448 valence electrons. The van der Waals surface area contributed by atoms with E-state index < -0.39 is 0 Å². The first-order valence-electron chi connectivity index (χ1n) is 32.3. The van der Waals surface area contributed by atoms with E-state index in [9.17, 15) is 0 Å². The van der Waals surface area contributed by atoms with Crippen LogP contribution in [0.15, 0.2) is 291 Å². The average Bonchev–Trinajstić information content (AvgIpc) is 1.13. The molecule has 0 N–H and O–H groups in total. The molecular formula is C82H48B3N3O6S2. The Morgan fingerprint density at radius 3 is 0.771 bits per heavy atom. The maximum Gasteiger partial charge on any atom is 0.273 e. The number of benzene rings is 13. The molecule has 0 atom stereocenters. The van der Waals surface area contributed by atoms with Gasteiger partial charge in [-0.1, -0.05) is 146 Å². The zero-order valence-electron chi connectivity index (χ0n) is 51.1. The molecule has 14 heteroatoms. The van der Waals surface area contributed by atoms with Gasteiger partial charge < -0.3 is 43.1 Å². The smallest absolute Gasteiger partial charge is 0.273 e. The van der Waals surface area contributed by atoms with Crippen molar-refractivity contribution in [3.05, 3.63) is 291 Å². The van der Waals surface area contributed by atoms with Crippen molar-refractivity contribution in [2.24, 2.45) is 0 Å². The number of hydrogen-bond acceptors (Lipinski definition) is 11. The number of ether oxygens (including phenoxy) is 6. The monoisotopic (exact) mass is 1270 g/mol. The third-order valence-corrected chi connectivity index (χ3v) is 21.9. The molecule has 15 aromatic rings. The van der Waals surface area contributed by atoms with Gasteiger partial charge in [-0.25, -0.2) is 0 Å². The van der Waals surface area contributed by atoms with E-state index in [0.717, 1.165) is 154 Å². The molecule has 0 unspecified atom stereocenters. The molecule has 96 heavy (non-hydrogen) atoms. The lowest BCUT2D eigenvalue weighted by Gasteiger charge is -2.38. The van der Waals surface area contributed by atoms with Crippen LogP contribution in [0.25, 0.3) is 20.2 Å². The van der Waals surface area contributed by atoms with E-state index in [4.69, 9.17) is 28.4 Å². The first-order valence-corrected chi connectivity index (χ1v) is 33.9. The Kier molecular flexibility index (Phi) is 11.6. The number of nitrogens with zero attached hydrogens (tertiary/aromatic N) is 3. The molecule has 0 spiro atoms. The van der Waals surface area contributed by atoms with E-state index in [1.807, 2.05) is 0 Å². The van der Waals surface area contributed by atoms with Crippen molar-refractivity contribution in [2.75, 3.05) is 14.7 Å². The Hall–Kier alpha value is -11.8. The van der Waals surface area contributed by atoms with Crippen LogP contribution < -0.4 is 90.9 Å². The van der Waals surface area contributed by atoms with Crippen molar-refractivity contribution in [2.45, 2.75) is 0 Å². The van der Waals surface area contributed by atoms with Crippen molar-refractivity contribution in [3.8, 4) is 69.0 Å². The van der Waals surface area contributed by atoms with Gasteiger partial charge in [0, 0.05) is 129 Å². The van der Waals surface area contributed by atoms with Gasteiger partial charge in [0.2, 0.25) is 0 Å². The Morgan fingerprint density at radius 2 is 0.469 bits per heavy atom. The van der Waals surface area contributed by atoms with Gasteiger partial charge in [-0.15, -0.1) is 22.7 Å². The molecule has 0 bridgehead atoms. The molecule has 0 aliphatic carbocycles. The van der Waals surface area contributed by atoms with Crippen molar-refractivity contribution in [1.82, 2.24) is 0 Å². The van der Waals surface area contributed by atoms with Gasteiger partial charge >= 0.3 is 0 Å². The molecule has 0 saturated heterocycles. The van der Waals surface area contributed by atoms with Crippen LogP contribution in [0.1, 0.15) is 0 Å². The predicted octanol–water partition coefficient (Wildman–Crippen LogP) is 16.7. The van der Waals surface area contributed by atoms with Crippen LogP contribution in [0, 0.1) is 0 Å². The van der Waals surface area contributed by atoms with Crippen molar-refractivity contribution in [1.29, 1.82) is 0 Å². The second-order valence-corrected chi connectivity index (χ2v) is 27.1. The summed E-state index contributed by atoms with van der Waals surface area (Å²) < 4.78 is 48.9. The number of anilines is 9. The molecule has 2 aromatic heterocycles. The summed E-state index contributed by atoms with van der Waals surface area (Å²) in [6, 6.07) is 102. The van der Waals surface area contributed by atoms with Gasteiger partial charge in [0.15, 0.2) is 0 Å². The Morgan fingerprint density at radius 1 is 0.219 bits per heavy atom. The van der Waals surface area contributed by atoms with E-state index in [0.29, 0.717) is 34.5 Å². The zero-order chi connectivity index (χ0) is 62.7. The lowest BCUT2D eigenvalue weighted by Crippen LogP contribution is -2.62. The second kappa shape index (κ2) is 20.8. The largest absolute Gasteiger partial charge is 0.458 e. The standard InChI is InChI=1S/C82H48B3N3O6S2/c1-7-23-49(24-8-1)86(50-25-9-2-10-26-50)55-39-68-76-69(40-55)90-65-48-67-63(85-78-71(92-67)42-57(88(53-31-15-5-16-32-53)54-33-17-6-18-34-54)44-73(78)94-80-59-36-20-22-38-75(59)96-82(80)85)46-61(65)83(76)60-45-62-66(47-64(60)89-68)91-70-41-56(87(51-27-11-3-12-28-51)52-29-13-4-14-30-52)43-72-77(70)84(62)81-79(93-72)58-35-19-21-37-74(58)95-81/h1-48H. The molecule has 13 aromatic carbocycles. The van der Waals surface area contributed by atoms with Crippen molar-refractivity contribution in [3.63, 3.8) is 0 Å². The van der Waals surface area contributed by atoms with Gasteiger partial charge in [0.1, 0.15) is 69.0 Å². The number of hydrogen-bond donors (Lipinski definition) is 0. The van der Waals surface area contributed by atoms with E-state index in [-0.39, 0.29) is 20.1 Å². The van der Waals surface area contributed by atoms with Crippen LogP contribution in [0.5, 0.6) is 69.0 Å². The summed E-state index contributed by atoms with van der Waals surface area (Å²) in [5, 5.41) is 2.15. The molecule has 21 rings (SSSR count). The molecule has 6 aliphatic heterocycles. The fourth-order valence-corrected chi connectivity index (χ4v) is 18.0. The minimum Gasteiger partial charge on any atom is -0.458 e. The molecular weight excluding hydrogens is 1220 g/mol. The van der Waals surface area contributed by atoms with Gasteiger partial charge in [0.05, 0.1) is 17.1 Å². The van der Waals surface area contributed by atoms with E-state index in [1.54, 1.807) is 22.7 Å². The number of rotatable bonds is 9. The van der Waals surface area contributed by atoms with Crippen LogP contribution >= 0.6 is 22.7 Å². The van der Waals surface area contributed by atoms with Gasteiger partial charge in [-0.3, -0.25) is 0 Å². The molecule has 0 saturated carbocycles. The third kappa shape index (κ3) is 8.12. The molecule has 9 nitrogen and oxygen atoms in total. The highest BCUT2D eigenvalue weighted by Gasteiger charge is 2.50. The Labute approximate surface area is 561 Å². The third-order valence-electron chi connectivity index (χ3n) is 19.5. The number of para-hydroxylation sites is 6.